The smallest absolute Gasteiger partial charge is 0.319 e. The molecule has 1 aliphatic heterocycles. The first-order valence-corrected chi connectivity index (χ1v) is 8.98. The average Bonchev–Trinajstić information content (AvgIpc) is 3.31. The molecular weight excluding hydrogens is 332 g/mol. The van der Waals surface area contributed by atoms with Gasteiger partial charge in [-0.15, -0.1) is 10.2 Å². The number of rotatable bonds is 7. The zero-order valence-electron chi connectivity index (χ0n) is 14.9. The summed E-state index contributed by atoms with van der Waals surface area (Å²) < 4.78 is 1.79. The van der Waals surface area contributed by atoms with Crippen molar-refractivity contribution in [2.75, 3.05) is 25.0 Å². The van der Waals surface area contributed by atoms with Crippen LogP contribution in [-0.4, -0.2) is 51.2 Å². The highest BCUT2D eigenvalue weighted by molar-refractivity contribution is 5.90. The highest BCUT2D eigenvalue weighted by Crippen LogP contribution is 2.20. The third-order valence-corrected chi connectivity index (χ3v) is 4.50. The van der Waals surface area contributed by atoms with Crippen LogP contribution in [0.25, 0.3) is 5.69 Å². The fourth-order valence-electron chi connectivity index (χ4n) is 3.06. The lowest BCUT2D eigenvalue weighted by Gasteiger charge is -2.16. The number of hydrogen-bond acceptors (Lipinski definition) is 4. The van der Waals surface area contributed by atoms with E-state index in [-0.39, 0.29) is 11.9 Å². The molecule has 1 saturated heterocycles. The van der Waals surface area contributed by atoms with Gasteiger partial charge in [-0.3, -0.25) is 9.36 Å². The van der Waals surface area contributed by atoms with Crippen molar-refractivity contribution in [1.29, 1.82) is 0 Å². The second kappa shape index (κ2) is 8.46. The number of likely N-dealkylation sites (tertiary alicyclic amines) is 1. The number of benzene rings is 1. The monoisotopic (exact) mass is 356 g/mol. The molecule has 26 heavy (non-hydrogen) atoms. The summed E-state index contributed by atoms with van der Waals surface area (Å²) in [6.45, 7) is 4.11. The van der Waals surface area contributed by atoms with Crippen molar-refractivity contribution in [1.82, 2.24) is 25.0 Å². The van der Waals surface area contributed by atoms with E-state index in [2.05, 4.69) is 20.8 Å². The Balaban J connectivity index is 1.53. The number of urea groups is 1. The molecule has 1 aromatic heterocycles. The second-order valence-electron chi connectivity index (χ2n) is 6.28. The van der Waals surface area contributed by atoms with Gasteiger partial charge in [0.2, 0.25) is 5.91 Å². The summed E-state index contributed by atoms with van der Waals surface area (Å²) in [5.41, 5.74) is 2.71. The van der Waals surface area contributed by atoms with Gasteiger partial charge in [-0.05, 0) is 37.0 Å². The molecule has 1 fully saturated rings. The first-order valence-electron chi connectivity index (χ1n) is 8.98. The highest BCUT2D eigenvalue weighted by Gasteiger charge is 2.19. The quantitative estimate of drug-likeness (QED) is 0.742. The fourth-order valence-corrected chi connectivity index (χ4v) is 3.06. The summed E-state index contributed by atoms with van der Waals surface area (Å²) in [7, 11) is 0. The van der Waals surface area contributed by atoms with Crippen LogP contribution in [0, 0.1) is 0 Å². The van der Waals surface area contributed by atoms with E-state index < -0.39 is 0 Å². The number of anilines is 1. The number of carbonyl (C=O) groups is 2. The molecule has 2 heterocycles. The van der Waals surface area contributed by atoms with Crippen molar-refractivity contribution in [2.45, 2.75) is 32.6 Å². The molecule has 0 radical (unpaired) electrons. The van der Waals surface area contributed by atoms with E-state index in [1.54, 1.807) is 17.2 Å². The van der Waals surface area contributed by atoms with Crippen molar-refractivity contribution in [3.05, 3.63) is 36.4 Å². The van der Waals surface area contributed by atoms with Crippen molar-refractivity contribution in [3.8, 4) is 5.69 Å². The van der Waals surface area contributed by atoms with Crippen LogP contribution in [0.4, 0.5) is 10.5 Å². The van der Waals surface area contributed by atoms with E-state index in [1.807, 2.05) is 30.0 Å². The SMILES string of the molecule is CCc1ccc(-n2cnnc2)cc1NC(=O)NCCCN1CCCC1=O. The Morgan fingerprint density at radius 3 is 2.77 bits per heavy atom. The summed E-state index contributed by atoms with van der Waals surface area (Å²) in [6, 6.07) is 5.63. The zero-order chi connectivity index (χ0) is 18.4. The van der Waals surface area contributed by atoms with Gasteiger partial charge >= 0.3 is 6.03 Å². The molecule has 138 valence electrons. The van der Waals surface area contributed by atoms with Gasteiger partial charge in [0.05, 0.1) is 5.69 Å². The summed E-state index contributed by atoms with van der Waals surface area (Å²) in [5.74, 6) is 0.216. The molecule has 8 nitrogen and oxygen atoms in total. The molecule has 0 saturated carbocycles. The fraction of sp³-hybridized carbons (Fsp3) is 0.444. The van der Waals surface area contributed by atoms with Gasteiger partial charge in [-0.2, -0.15) is 0 Å². The van der Waals surface area contributed by atoms with Gasteiger partial charge in [-0.1, -0.05) is 13.0 Å². The lowest BCUT2D eigenvalue weighted by atomic mass is 10.1. The Labute approximate surface area is 152 Å². The molecule has 2 N–H and O–H groups in total. The third kappa shape index (κ3) is 4.38. The Hall–Kier alpha value is -2.90. The number of carbonyl (C=O) groups excluding carboxylic acids is 2. The summed E-state index contributed by atoms with van der Waals surface area (Å²) in [5, 5.41) is 13.4. The minimum absolute atomic E-state index is 0.216. The number of aromatic nitrogens is 3. The van der Waals surface area contributed by atoms with Crippen LogP contribution in [-0.2, 0) is 11.2 Å². The molecule has 1 aliphatic rings. The Morgan fingerprint density at radius 2 is 2.08 bits per heavy atom. The molecule has 0 spiro atoms. The Morgan fingerprint density at radius 1 is 1.27 bits per heavy atom. The number of amides is 3. The van der Waals surface area contributed by atoms with Gasteiger partial charge in [-0.25, -0.2) is 4.79 Å². The largest absolute Gasteiger partial charge is 0.343 e. The molecule has 1 aromatic carbocycles. The van der Waals surface area contributed by atoms with Crippen molar-refractivity contribution < 1.29 is 9.59 Å². The van der Waals surface area contributed by atoms with Crippen LogP contribution in [0.3, 0.4) is 0 Å². The van der Waals surface area contributed by atoms with Crippen LogP contribution in [0.5, 0.6) is 0 Å². The molecule has 2 aromatic rings. The van der Waals surface area contributed by atoms with Gasteiger partial charge in [0.1, 0.15) is 12.7 Å². The highest BCUT2D eigenvalue weighted by atomic mass is 16.2. The molecule has 0 unspecified atom stereocenters. The minimum Gasteiger partial charge on any atom is -0.343 e. The lowest BCUT2D eigenvalue weighted by molar-refractivity contribution is -0.127. The van der Waals surface area contributed by atoms with E-state index in [9.17, 15) is 9.59 Å². The number of nitrogens with zero attached hydrogens (tertiary/aromatic N) is 4. The molecule has 3 amide bonds. The Kier molecular flexibility index (Phi) is 5.83. The maximum Gasteiger partial charge on any atom is 0.319 e. The van der Waals surface area contributed by atoms with E-state index in [1.165, 1.54) is 0 Å². The van der Waals surface area contributed by atoms with Gasteiger partial charge in [0, 0.05) is 31.7 Å². The molecule has 0 aliphatic carbocycles. The van der Waals surface area contributed by atoms with Gasteiger partial charge in [0.15, 0.2) is 0 Å². The summed E-state index contributed by atoms with van der Waals surface area (Å²) >= 11 is 0. The maximum atomic E-state index is 12.2. The molecule has 0 bridgehead atoms. The topological polar surface area (TPSA) is 92.2 Å². The predicted octanol–water partition coefficient (Wildman–Crippen LogP) is 1.96. The molecule has 3 rings (SSSR count). The second-order valence-corrected chi connectivity index (χ2v) is 6.28. The molecule has 8 heteroatoms. The summed E-state index contributed by atoms with van der Waals surface area (Å²) in [6.07, 6.45) is 6.39. The van der Waals surface area contributed by atoms with Crippen LogP contribution in [0.15, 0.2) is 30.9 Å². The van der Waals surface area contributed by atoms with E-state index >= 15 is 0 Å². The lowest BCUT2D eigenvalue weighted by Crippen LogP contribution is -2.33. The summed E-state index contributed by atoms with van der Waals surface area (Å²) in [4.78, 5) is 25.6. The van der Waals surface area contributed by atoms with Crippen molar-refractivity contribution >= 4 is 17.6 Å². The Bertz CT molecular complexity index is 759. The van der Waals surface area contributed by atoms with Crippen LogP contribution in [0.2, 0.25) is 0 Å². The van der Waals surface area contributed by atoms with E-state index in [4.69, 9.17) is 0 Å². The van der Waals surface area contributed by atoms with Gasteiger partial charge < -0.3 is 15.5 Å². The first kappa shape index (κ1) is 17.9. The normalized spacial score (nSPS) is 13.9. The standard InChI is InChI=1S/C18H24N6O2/c1-2-14-6-7-15(24-12-20-21-13-24)11-16(14)22-18(26)19-8-4-10-23-9-3-5-17(23)25/h6-7,11-13H,2-5,8-10H2,1H3,(H2,19,22,26). The van der Waals surface area contributed by atoms with Gasteiger partial charge in [0.25, 0.3) is 0 Å². The average molecular weight is 356 g/mol. The molecular formula is C18H24N6O2. The van der Waals surface area contributed by atoms with Crippen LogP contribution >= 0.6 is 0 Å². The van der Waals surface area contributed by atoms with Crippen molar-refractivity contribution in [3.63, 3.8) is 0 Å². The minimum atomic E-state index is -0.242. The van der Waals surface area contributed by atoms with Crippen LogP contribution in [0.1, 0.15) is 31.7 Å². The molecule has 0 atom stereocenters. The van der Waals surface area contributed by atoms with E-state index in [0.717, 1.165) is 42.7 Å². The number of nitrogens with one attached hydrogen (secondary N) is 2. The van der Waals surface area contributed by atoms with Crippen LogP contribution < -0.4 is 10.6 Å². The number of hydrogen-bond donors (Lipinski definition) is 2. The van der Waals surface area contributed by atoms with E-state index in [0.29, 0.717) is 19.5 Å². The third-order valence-electron chi connectivity index (χ3n) is 4.50. The zero-order valence-corrected chi connectivity index (χ0v) is 14.9. The number of aryl methyl sites for hydroxylation is 1. The maximum absolute atomic E-state index is 12.2. The predicted molar refractivity (Wildman–Crippen MR) is 98.2 cm³/mol. The first-order chi connectivity index (χ1) is 12.7. The van der Waals surface area contributed by atoms with Crippen molar-refractivity contribution in [2.24, 2.45) is 0 Å².